The summed E-state index contributed by atoms with van der Waals surface area (Å²) in [6.07, 6.45) is -0.623. The maximum absolute atomic E-state index is 12.8. The summed E-state index contributed by atoms with van der Waals surface area (Å²) < 4.78 is 5.59. The summed E-state index contributed by atoms with van der Waals surface area (Å²) >= 11 is 0. The lowest BCUT2D eigenvalue weighted by Crippen LogP contribution is -2.40. The predicted molar refractivity (Wildman–Crippen MR) is 129 cm³/mol. The second-order valence-corrected chi connectivity index (χ2v) is 8.36. The molecule has 0 radical (unpaired) electrons. The molecule has 0 saturated heterocycles. The molecule has 1 aliphatic carbocycles. The van der Waals surface area contributed by atoms with Crippen LogP contribution in [-0.4, -0.2) is 47.7 Å². The molecule has 0 unspecified atom stereocenters. The highest BCUT2D eigenvalue weighted by Crippen LogP contribution is 2.44. The number of amides is 2. The van der Waals surface area contributed by atoms with Crippen molar-refractivity contribution >= 4 is 23.7 Å². The highest BCUT2D eigenvalue weighted by molar-refractivity contribution is 6.00. The molecule has 7 nitrogen and oxygen atoms in total. The maximum atomic E-state index is 12.8. The molecular weight excluding hydrogens is 432 g/mol. The van der Waals surface area contributed by atoms with Gasteiger partial charge >= 0.3 is 12.1 Å². The van der Waals surface area contributed by atoms with Crippen molar-refractivity contribution in [2.45, 2.75) is 25.8 Å². The fourth-order valence-electron chi connectivity index (χ4n) is 4.28. The number of carbonyl (C=O) groups excluding carboxylic acids is 2. The zero-order chi connectivity index (χ0) is 24.4. The zero-order valence-electron chi connectivity index (χ0n) is 19.2. The Morgan fingerprint density at radius 3 is 2.15 bits per heavy atom. The lowest BCUT2D eigenvalue weighted by Gasteiger charge is -2.23. The van der Waals surface area contributed by atoms with Crippen molar-refractivity contribution in [1.29, 1.82) is 0 Å². The quantitative estimate of drug-likeness (QED) is 0.548. The minimum atomic E-state index is -1.10. The van der Waals surface area contributed by atoms with Gasteiger partial charge in [0.05, 0.1) is 0 Å². The Morgan fingerprint density at radius 2 is 1.56 bits per heavy atom. The second kappa shape index (κ2) is 9.39. The van der Waals surface area contributed by atoms with Crippen LogP contribution in [0.25, 0.3) is 11.1 Å². The Morgan fingerprint density at radius 1 is 0.971 bits per heavy atom. The van der Waals surface area contributed by atoms with Crippen molar-refractivity contribution in [2.24, 2.45) is 0 Å². The number of nitrogens with one attached hydrogen (secondary N) is 1. The first kappa shape index (κ1) is 23.0. The van der Waals surface area contributed by atoms with Gasteiger partial charge in [0, 0.05) is 24.2 Å². The largest absolute Gasteiger partial charge is 0.480 e. The van der Waals surface area contributed by atoms with Gasteiger partial charge in [-0.2, -0.15) is 0 Å². The number of benzene rings is 3. The number of carboxylic acid groups (broad SMARTS) is 1. The van der Waals surface area contributed by atoms with Gasteiger partial charge in [0.2, 0.25) is 0 Å². The van der Waals surface area contributed by atoms with Gasteiger partial charge in [-0.3, -0.25) is 10.1 Å². The van der Waals surface area contributed by atoms with E-state index in [0.29, 0.717) is 16.8 Å². The number of carbonyl (C=O) groups is 3. The Kier molecular flexibility index (Phi) is 6.36. The molecule has 0 bridgehead atoms. The monoisotopic (exact) mass is 458 g/mol. The SMILES string of the molecule is Cc1c(NC(=O)OCC2c3ccccc3-c3ccccc32)cccc1C(=O)N(C)[C@@H](C)C(=O)O. The molecule has 174 valence electrons. The third-order valence-electron chi connectivity index (χ3n) is 6.40. The smallest absolute Gasteiger partial charge is 0.411 e. The minimum Gasteiger partial charge on any atom is -0.480 e. The van der Waals surface area contributed by atoms with Crippen molar-refractivity contribution in [3.8, 4) is 11.1 Å². The number of likely N-dealkylation sites (N-methyl/N-ethyl adjacent to an activating group) is 1. The molecule has 3 aromatic rings. The number of fused-ring (bicyclic) bond motifs is 3. The van der Waals surface area contributed by atoms with Crippen LogP contribution in [0.5, 0.6) is 0 Å². The number of nitrogens with zero attached hydrogens (tertiary/aromatic N) is 1. The van der Waals surface area contributed by atoms with Crippen LogP contribution in [0.2, 0.25) is 0 Å². The highest BCUT2D eigenvalue weighted by atomic mass is 16.5. The number of anilines is 1. The minimum absolute atomic E-state index is 0.0571. The van der Waals surface area contributed by atoms with Crippen molar-refractivity contribution in [1.82, 2.24) is 4.90 Å². The summed E-state index contributed by atoms with van der Waals surface area (Å²) in [4.78, 5) is 37.8. The van der Waals surface area contributed by atoms with E-state index >= 15 is 0 Å². The number of ether oxygens (including phenoxy) is 1. The van der Waals surface area contributed by atoms with Crippen LogP contribution in [0.4, 0.5) is 10.5 Å². The molecule has 4 rings (SSSR count). The first-order valence-corrected chi connectivity index (χ1v) is 11.0. The van der Waals surface area contributed by atoms with E-state index in [1.54, 1.807) is 25.1 Å². The van der Waals surface area contributed by atoms with Gasteiger partial charge in [0.1, 0.15) is 12.6 Å². The lowest BCUT2D eigenvalue weighted by molar-refractivity contribution is -0.141. The van der Waals surface area contributed by atoms with Crippen molar-refractivity contribution < 1.29 is 24.2 Å². The van der Waals surface area contributed by atoms with Crippen LogP contribution in [-0.2, 0) is 9.53 Å². The van der Waals surface area contributed by atoms with Gasteiger partial charge in [-0.15, -0.1) is 0 Å². The molecule has 7 heteroatoms. The molecule has 34 heavy (non-hydrogen) atoms. The number of carboxylic acids is 1. The lowest BCUT2D eigenvalue weighted by atomic mass is 9.98. The summed E-state index contributed by atoms with van der Waals surface area (Å²) in [5, 5.41) is 11.9. The average Bonchev–Trinajstić information content (AvgIpc) is 3.16. The fraction of sp³-hybridized carbons (Fsp3) is 0.222. The number of hydrogen-bond donors (Lipinski definition) is 2. The second-order valence-electron chi connectivity index (χ2n) is 8.36. The normalized spacial score (nSPS) is 12.9. The van der Waals surface area contributed by atoms with E-state index in [1.807, 2.05) is 24.3 Å². The topological polar surface area (TPSA) is 95.9 Å². The molecule has 0 fully saturated rings. The van der Waals surface area contributed by atoms with Gasteiger partial charge in [-0.25, -0.2) is 9.59 Å². The summed E-state index contributed by atoms with van der Waals surface area (Å²) in [7, 11) is 1.44. The molecule has 3 aromatic carbocycles. The van der Waals surface area contributed by atoms with Gasteiger partial charge in [0.25, 0.3) is 5.91 Å². The van der Waals surface area contributed by atoms with Gasteiger partial charge in [-0.1, -0.05) is 54.6 Å². The molecule has 0 saturated carbocycles. The zero-order valence-corrected chi connectivity index (χ0v) is 19.2. The summed E-state index contributed by atoms with van der Waals surface area (Å²) in [6.45, 7) is 3.32. The van der Waals surface area contributed by atoms with Crippen molar-refractivity contribution in [3.63, 3.8) is 0 Å². The standard InChI is InChI=1S/C27H26N2O5/c1-16-18(25(30)29(3)17(2)26(31)32)13-8-14-24(16)28-27(33)34-15-23-21-11-6-4-9-19(21)20-10-5-7-12-22(20)23/h4-14,17,23H,15H2,1-3H3,(H,28,33)(H,31,32)/t17-/m0/s1. The Labute approximate surface area is 198 Å². The molecule has 0 aliphatic heterocycles. The molecule has 1 atom stereocenters. The first-order chi connectivity index (χ1) is 16.3. The Bertz CT molecular complexity index is 1220. The van der Waals surface area contributed by atoms with E-state index < -0.39 is 24.0 Å². The van der Waals surface area contributed by atoms with E-state index in [0.717, 1.165) is 27.2 Å². The third kappa shape index (κ3) is 4.24. The van der Waals surface area contributed by atoms with Gasteiger partial charge in [0.15, 0.2) is 0 Å². The third-order valence-corrected chi connectivity index (χ3v) is 6.40. The predicted octanol–water partition coefficient (Wildman–Crippen LogP) is 4.90. The molecule has 2 N–H and O–H groups in total. The molecule has 0 spiro atoms. The van der Waals surface area contributed by atoms with E-state index in [-0.39, 0.29) is 12.5 Å². The molecule has 0 heterocycles. The van der Waals surface area contributed by atoms with E-state index in [1.165, 1.54) is 14.0 Å². The first-order valence-electron chi connectivity index (χ1n) is 11.0. The summed E-state index contributed by atoms with van der Waals surface area (Å²) in [5.41, 5.74) is 5.81. The van der Waals surface area contributed by atoms with Crippen LogP contribution in [0.15, 0.2) is 66.7 Å². The van der Waals surface area contributed by atoms with E-state index in [9.17, 15) is 19.5 Å². The highest BCUT2D eigenvalue weighted by Gasteiger charge is 2.29. The molecule has 0 aromatic heterocycles. The van der Waals surface area contributed by atoms with Crippen molar-refractivity contribution in [2.75, 3.05) is 19.0 Å². The van der Waals surface area contributed by atoms with Crippen LogP contribution >= 0.6 is 0 Å². The molecule has 1 aliphatic rings. The number of hydrogen-bond acceptors (Lipinski definition) is 4. The molecular formula is C27H26N2O5. The number of aliphatic carboxylic acids is 1. The van der Waals surface area contributed by atoms with Crippen LogP contribution in [0.1, 0.15) is 39.9 Å². The average molecular weight is 459 g/mol. The van der Waals surface area contributed by atoms with E-state index in [2.05, 4.69) is 29.6 Å². The van der Waals surface area contributed by atoms with Crippen LogP contribution in [0, 0.1) is 6.92 Å². The van der Waals surface area contributed by atoms with Crippen LogP contribution in [0.3, 0.4) is 0 Å². The van der Waals surface area contributed by atoms with E-state index in [4.69, 9.17) is 4.74 Å². The Hall–Kier alpha value is -4.13. The summed E-state index contributed by atoms with van der Waals surface area (Å²) in [5.74, 6) is -1.59. The van der Waals surface area contributed by atoms with Gasteiger partial charge in [-0.05, 0) is 53.8 Å². The number of rotatable bonds is 6. The maximum Gasteiger partial charge on any atom is 0.411 e. The van der Waals surface area contributed by atoms with Gasteiger partial charge < -0.3 is 14.7 Å². The summed E-state index contributed by atoms with van der Waals surface area (Å²) in [6, 6.07) is 20.1. The Balaban J connectivity index is 1.47. The molecule has 2 amide bonds. The van der Waals surface area contributed by atoms with Crippen molar-refractivity contribution in [3.05, 3.63) is 89.0 Å². The van der Waals surface area contributed by atoms with Crippen LogP contribution < -0.4 is 5.32 Å². The fourth-order valence-corrected chi connectivity index (χ4v) is 4.28.